The molecule has 0 aliphatic rings. The number of rotatable bonds is 8. The molecule has 132 valence electrons. The van der Waals surface area contributed by atoms with Gasteiger partial charge in [0.2, 0.25) is 0 Å². The second-order valence-electron chi connectivity index (χ2n) is 5.80. The van der Waals surface area contributed by atoms with Gasteiger partial charge >= 0.3 is 11.9 Å². The summed E-state index contributed by atoms with van der Waals surface area (Å²) >= 11 is 0. The third-order valence-corrected chi connectivity index (χ3v) is 4.15. The maximum atomic E-state index is 11.5. The van der Waals surface area contributed by atoms with Crippen molar-refractivity contribution in [2.24, 2.45) is 0 Å². The molecule has 5 heteroatoms. The first-order valence-corrected chi connectivity index (χ1v) is 8.19. The number of hydrogen-bond acceptors (Lipinski definition) is 4. The summed E-state index contributed by atoms with van der Waals surface area (Å²) in [5, 5.41) is 18.3. The first-order valence-electron chi connectivity index (χ1n) is 8.19. The van der Waals surface area contributed by atoms with Crippen LogP contribution in [-0.2, 0) is 9.53 Å². The van der Waals surface area contributed by atoms with Crippen molar-refractivity contribution in [3.8, 4) is 11.1 Å². The molecule has 2 aromatic carbocycles. The Bertz CT molecular complexity index is 704. The minimum Gasteiger partial charge on any atom is -0.481 e. The van der Waals surface area contributed by atoms with Gasteiger partial charge in [-0.25, -0.2) is 4.79 Å². The van der Waals surface area contributed by atoms with Gasteiger partial charge in [0.15, 0.2) is 0 Å². The number of methoxy groups -OCH3 is 1. The number of unbranched alkanes of at least 4 members (excludes halogenated alkanes) is 1. The van der Waals surface area contributed by atoms with Gasteiger partial charge in [-0.1, -0.05) is 36.4 Å². The molecule has 2 rings (SSSR count). The lowest BCUT2D eigenvalue weighted by Gasteiger charge is -2.13. The number of aliphatic carboxylic acids is 1. The molecule has 5 nitrogen and oxygen atoms in total. The molecule has 0 aliphatic carbocycles. The zero-order chi connectivity index (χ0) is 18.2. The van der Waals surface area contributed by atoms with Crippen molar-refractivity contribution in [2.45, 2.75) is 25.2 Å². The normalized spacial score (nSPS) is 11.8. The van der Waals surface area contributed by atoms with Crippen molar-refractivity contribution < 1.29 is 24.5 Å². The lowest BCUT2D eigenvalue weighted by atomic mass is 9.92. The quantitative estimate of drug-likeness (QED) is 0.567. The Morgan fingerprint density at radius 1 is 0.960 bits per heavy atom. The van der Waals surface area contributed by atoms with Crippen molar-refractivity contribution in [3.63, 3.8) is 0 Å². The van der Waals surface area contributed by atoms with Crippen LogP contribution in [0.2, 0.25) is 0 Å². The summed E-state index contributed by atoms with van der Waals surface area (Å²) in [6, 6.07) is 14.5. The van der Waals surface area contributed by atoms with E-state index < -0.39 is 11.9 Å². The standard InChI is InChI=1S/C20H22O5/c1-25-20(24)17-11-7-15(8-12-17)14-5-9-16(10-6-14)18(19(22)23)4-2-3-13-21/h5-12,18,21H,2-4,13H2,1H3,(H,22,23). The van der Waals surface area contributed by atoms with Crippen molar-refractivity contribution in [1.29, 1.82) is 0 Å². The number of carboxylic acids is 1. The van der Waals surface area contributed by atoms with E-state index in [0.717, 1.165) is 16.7 Å². The molecule has 1 atom stereocenters. The van der Waals surface area contributed by atoms with Crippen LogP contribution in [0.1, 0.15) is 41.1 Å². The monoisotopic (exact) mass is 342 g/mol. The third-order valence-electron chi connectivity index (χ3n) is 4.15. The van der Waals surface area contributed by atoms with Gasteiger partial charge in [-0.15, -0.1) is 0 Å². The fourth-order valence-corrected chi connectivity index (χ4v) is 2.72. The zero-order valence-corrected chi connectivity index (χ0v) is 14.1. The molecule has 0 spiro atoms. The third kappa shape index (κ3) is 4.90. The molecule has 0 heterocycles. The van der Waals surface area contributed by atoms with E-state index in [1.54, 1.807) is 12.1 Å². The predicted octanol–water partition coefficient (Wildman–Crippen LogP) is 3.47. The molecule has 1 unspecified atom stereocenters. The number of benzene rings is 2. The Hall–Kier alpha value is -2.66. The second-order valence-corrected chi connectivity index (χ2v) is 5.80. The SMILES string of the molecule is COC(=O)c1ccc(-c2ccc(C(CCCCO)C(=O)O)cc2)cc1. The van der Waals surface area contributed by atoms with E-state index in [1.807, 2.05) is 36.4 Å². The lowest BCUT2D eigenvalue weighted by Crippen LogP contribution is -2.11. The highest BCUT2D eigenvalue weighted by atomic mass is 16.5. The van der Waals surface area contributed by atoms with Gasteiger partial charge in [0.05, 0.1) is 18.6 Å². The predicted molar refractivity (Wildman–Crippen MR) is 94.5 cm³/mol. The number of carbonyl (C=O) groups is 2. The molecule has 0 saturated heterocycles. The Labute approximate surface area is 146 Å². The van der Waals surface area contributed by atoms with E-state index in [-0.39, 0.29) is 12.6 Å². The molecule has 0 amide bonds. The molecule has 0 saturated carbocycles. The molecule has 0 aromatic heterocycles. The average Bonchev–Trinajstić information content (AvgIpc) is 2.65. The van der Waals surface area contributed by atoms with Gasteiger partial charge in [0, 0.05) is 6.61 Å². The largest absolute Gasteiger partial charge is 0.481 e. The van der Waals surface area contributed by atoms with Crippen LogP contribution in [0.15, 0.2) is 48.5 Å². The number of ether oxygens (including phenoxy) is 1. The minimum atomic E-state index is -0.854. The molecular formula is C20H22O5. The van der Waals surface area contributed by atoms with Gasteiger partial charge in [-0.3, -0.25) is 4.79 Å². The van der Waals surface area contributed by atoms with Crippen LogP contribution >= 0.6 is 0 Å². The van der Waals surface area contributed by atoms with Gasteiger partial charge in [-0.2, -0.15) is 0 Å². The summed E-state index contributed by atoms with van der Waals surface area (Å²) in [6.07, 6.45) is 1.78. The van der Waals surface area contributed by atoms with E-state index in [2.05, 4.69) is 4.74 Å². The molecule has 2 N–H and O–H groups in total. The second kappa shape index (κ2) is 8.99. The van der Waals surface area contributed by atoms with Crippen molar-refractivity contribution >= 4 is 11.9 Å². The Morgan fingerprint density at radius 3 is 2.00 bits per heavy atom. The number of carbonyl (C=O) groups excluding carboxylic acids is 1. The maximum absolute atomic E-state index is 11.5. The van der Waals surface area contributed by atoms with Crippen LogP contribution in [0.4, 0.5) is 0 Å². The van der Waals surface area contributed by atoms with E-state index in [4.69, 9.17) is 5.11 Å². The average molecular weight is 342 g/mol. The van der Waals surface area contributed by atoms with Gasteiger partial charge in [0.1, 0.15) is 0 Å². The van der Waals surface area contributed by atoms with E-state index in [0.29, 0.717) is 24.8 Å². The van der Waals surface area contributed by atoms with Crippen molar-refractivity contribution in [2.75, 3.05) is 13.7 Å². The minimum absolute atomic E-state index is 0.0762. The maximum Gasteiger partial charge on any atom is 0.337 e. The number of hydrogen-bond donors (Lipinski definition) is 2. The summed E-state index contributed by atoms with van der Waals surface area (Å²) in [5.74, 6) is -1.80. The Balaban J connectivity index is 2.15. The Morgan fingerprint density at radius 2 is 1.52 bits per heavy atom. The summed E-state index contributed by atoms with van der Waals surface area (Å²) in [7, 11) is 1.34. The molecule has 0 fully saturated rings. The van der Waals surface area contributed by atoms with Crippen molar-refractivity contribution in [1.82, 2.24) is 0 Å². The highest BCUT2D eigenvalue weighted by Crippen LogP contribution is 2.26. The van der Waals surface area contributed by atoms with Crippen LogP contribution < -0.4 is 0 Å². The van der Waals surface area contributed by atoms with Crippen LogP contribution in [0.5, 0.6) is 0 Å². The van der Waals surface area contributed by atoms with Gasteiger partial charge in [0.25, 0.3) is 0 Å². The summed E-state index contributed by atoms with van der Waals surface area (Å²) in [5.41, 5.74) is 3.11. The van der Waals surface area contributed by atoms with Crippen LogP contribution in [0.3, 0.4) is 0 Å². The summed E-state index contributed by atoms with van der Waals surface area (Å²) < 4.78 is 4.68. The van der Waals surface area contributed by atoms with Crippen molar-refractivity contribution in [3.05, 3.63) is 59.7 Å². The van der Waals surface area contributed by atoms with Crippen LogP contribution in [-0.4, -0.2) is 35.9 Å². The molecule has 0 bridgehead atoms. The molecule has 2 aromatic rings. The van der Waals surface area contributed by atoms with E-state index in [1.165, 1.54) is 7.11 Å². The van der Waals surface area contributed by atoms with Crippen LogP contribution in [0.25, 0.3) is 11.1 Å². The summed E-state index contributed by atoms with van der Waals surface area (Å²) in [6.45, 7) is 0.0762. The fourth-order valence-electron chi connectivity index (χ4n) is 2.72. The zero-order valence-electron chi connectivity index (χ0n) is 14.1. The van der Waals surface area contributed by atoms with E-state index in [9.17, 15) is 14.7 Å². The number of esters is 1. The lowest BCUT2D eigenvalue weighted by molar-refractivity contribution is -0.139. The number of aliphatic hydroxyl groups excluding tert-OH is 1. The van der Waals surface area contributed by atoms with E-state index >= 15 is 0 Å². The first-order chi connectivity index (χ1) is 12.1. The first kappa shape index (κ1) is 18.7. The van der Waals surface area contributed by atoms with Gasteiger partial charge in [-0.05, 0) is 48.1 Å². The summed E-state index contributed by atoms with van der Waals surface area (Å²) in [4.78, 5) is 22.9. The topological polar surface area (TPSA) is 83.8 Å². The highest BCUT2D eigenvalue weighted by molar-refractivity contribution is 5.90. The molecule has 0 radical (unpaired) electrons. The Kier molecular flexibility index (Phi) is 6.71. The molecule has 0 aliphatic heterocycles. The number of aliphatic hydroxyl groups is 1. The molecule has 25 heavy (non-hydrogen) atoms. The number of carboxylic acid groups (broad SMARTS) is 1. The van der Waals surface area contributed by atoms with Crippen LogP contribution in [0, 0.1) is 0 Å². The smallest absolute Gasteiger partial charge is 0.337 e. The molecular weight excluding hydrogens is 320 g/mol. The fraction of sp³-hybridized carbons (Fsp3) is 0.300. The highest BCUT2D eigenvalue weighted by Gasteiger charge is 2.19. The van der Waals surface area contributed by atoms with Gasteiger partial charge < -0.3 is 14.9 Å².